The fraction of sp³-hybridized carbons (Fsp3) is 0.480. The molecule has 1 aromatic carbocycles. The number of aromatic nitrogens is 1. The van der Waals surface area contributed by atoms with E-state index in [4.69, 9.17) is 9.47 Å². The molecule has 0 saturated carbocycles. The second kappa shape index (κ2) is 10.3. The topological polar surface area (TPSA) is 126 Å². The molecule has 2 atom stereocenters. The molecule has 194 valence electrons. The number of likely N-dealkylation sites (tertiary alicyclic amines) is 1. The number of aliphatic carboxylic acids is 1. The molecule has 0 unspecified atom stereocenters. The maximum Gasteiger partial charge on any atom is 0.426 e. The number of hydrogen-bond donors (Lipinski definition) is 1. The van der Waals surface area contributed by atoms with Crippen molar-refractivity contribution in [2.45, 2.75) is 71.8 Å². The van der Waals surface area contributed by atoms with Gasteiger partial charge in [0, 0.05) is 17.6 Å². The maximum atomic E-state index is 12.8. The van der Waals surface area contributed by atoms with Gasteiger partial charge in [-0.3, -0.25) is 4.79 Å². The molecule has 1 aromatic heterocycles. The molecule has 11 heteroatoms. The molecule has 0 radical (unpaired) electrons. The second-order valence-corrected chi connectivity index (χ2v) is 11.5. The third kappa shape index (κ3) is 6.60. The molecule has 10 nitrogen and oxygen atoms in total. The minimum atomic E-state index is -1.09. The third-order valence-corrected chi connectivity index (χ3v) is 6.08. The van der Waals surface area contributed by atoms with Crippen molar-refractivity contribution in [1.82, 2.24) is 9.88 Å². The van der Waals surface area contributed by atoms with Crippen molar-refractivity contribution in [2.24, 2.45) is 5.92 Å². The van der Waals surface area contributed by atoms with Crippen molar-refractivity contribution in [3.8, 4) is 0 Å². The number of imide groups is 1. The zero-order valence-electron chi connectivity index (χ0n) is 21.2. The van der Waals surface area contributed by atoms with Crippen LogP contribution < -0.4 is 4.90 Å². The number of nitrogens with zero attached hydrogens (tertiary/aromatic N) is 3. The lowest BCUT2D eigenvalue weighted by Gasteiger charge is -2.44. The molecule has 1 saturated heterocycles. The van der Waals surface area contributed by atoms with Gasteiger partial charge in [-0.1, -0.05) is 30.3 Å². The lowest BCUT2D eigenvalue weighted by Crippen LogP contribution is -2.64. The van der Waals surface area contributed by atoms with Crippen LogP contribution in [0.15, 0.2) is 36.5 Å². The van der Waals surface area contributed by atoms with Crippen LogP contribution in [-0.2, 0) is 32.0 Å². The fourth-order valence-electron chi connectivity index (χ4n) is 3.64. The molecule has 1 aliphatic rings. The van der Waals surface area contributed by atoms with E-state index in [9.17, 15) is 24.3 Å². The molecule has 1 N–H and O–H groups in total. The number of carboxylic acid groups (broad SMARTS) is 1. The highest BCUT2D eigenvalue weighted by atomic mass is 32.1. The fourth-order valence-corrected chi connectivity index (χ4v) is 4.59. The number of amides is 3. The molecule has 3 rings (SSSR count). The number of rotatable bonds is 6. The molecule has 0 aliphatic carbocycles. The van der Waals surface area contributed by atoms with Crippen LogP contribution in [-0.4, -0.2) is 56.3 Å². The molecule has 3 amide bonds. The van der Waals surface area contributed by atoms with Gasteiger partial charge in [0.25, 0.3) is 0 Å². The number of hydrogen-bond acceptors (Lipinski definition) is 8. The van der Waals surface area contributed by atoms with Gasteiger partial charge in [0.2, 0.25) is 11.0 Å². The number of anilines is 1. The van der Waals surface area contributed by atoms with Crippen molar-refractivity contribution in [3.63, 3.8) is 0 Å². The number of carbonyl (C=O) groups is 4. The third-order valence-electron chi connectivity index (χ3n) is 5.07. The number of ether oxygens (including phenoxy) is 2. The number of benzene rings is 1. The van der Waals surface area contributed by atoms with Gasteiger partial charge in [0.05, 0.1) is 5.92 Å². The predicted molar refractivity (Wildman–Crippen MR) is 133 cm³/mol. The van der Waals surface area contributed by atoms with Gasteiger partial charge in [-0.25, -0.2) is 19.4 Å². The van der Waals surface area contributed by atoms with Crippen LogP contribution in [0.5, 0.6) is 0 Å². The summed E-state index contributed by atoms with van der Waals surface area (Å²) in [6, 6.07) is 8.17. The summed E-state index contributed by atoms with van der Waals surface area (Å²) >= 11 is 0.998. The van der Waals surface area contributed by atoms with Crippen molar-refractivity contribution >= 4 is 40.5 Å². The number of carbonyl (C=O) groups excluding carboxylic acids is 3. The van der Waals surface area contributed by atoms with E-state index in [-0.39, 0.29) is 24.0 Å². The molecular formula is C25H31N3O7S. The van der Waals surface area contributed by atoms with Gasteiger partial charge in [0.1, 0.15) is 17.2 Å². The van der Waals surface area contributed by atoms with Crippen molar-refractivity contribution in [1.29, 1.82) is 0 Å². The lowest BCUT2D eigenvalue weighted by molar-refractivity contribution is -0.171. The molecule has 36 heavy (non-hydrogen) atoms. The zero-order valence-corrected chi connectivity index (χ0v) is 22.0. The van der Waals surface area contributed by atoms with Crippen LogP contribution in [0.1, 0.15) is 52.0 Å². The highest BCUT2D eigenvalue weighted by molar-refractivity contribution is 7.16. The van der Waals surface area contributed by atoms with E-state index in [2.05, 4.69) is 4.98 Å². The molecule has 1 fully saturated rings. The first-order chi connectivity index (χ1) is 16.7. The van der Waals surface area contributed by atoms with Gasteiger partial charge in [-0.05, 0) is 53.5 Å². The molecule has 2 aromatic rings. The van der Waals surface area contributed by atoms with Crippen LogP contribution in [0.4, 0.5) is 14.7 Å². The van der Waals surface area contributed by atoms with E-state index in [0.29, 0.717) is 9.78 Å². The Hall–Kier alpha value is -3.47. The Balaban J connectivity index is 1.79. The van der Waals surface area contributed by atoms with E-state index in [0.717, 1.165) is 16.9 Å². The van der Waals surface area contributed by atoms with Gasteiger partial charge >= 0.3 is 18.2 Å². The average Bonchev–Trinajstić information content (AvgIpc) is 3.18. The minimum absolute atomic E-state index is 0.00768. The predicted octanol–water partition coefficient (Wildman–Crippen LogP) is 4.47. The summed E-state index contributed by atoms with van der Waals surface area (Å²) in [5, 5.41) is 9.77. The average molecular weight is 518 g/mol. The quantitative estimate of drug-likeness (QED) is 0.556. The summed E-state index contributed by atoms with van der Waals surface area (Å²) in [5.74, 6) is -2.15. The van der Waals surface area contributed by atoms with Crippen molar-refractivity contribution < 1.29 is 33.8 Å². The second-order valence-electron chi connectivity index (χ2n) is 10.5. The van der Waals surface area contributed by atoms with Gasteiger partial charge in [0.15, 0.2) is 0 Å². The van der Waals surface area contributed by atoms with E-state index in [1.165, 1.54) is 11.1 Å². The summed E-state index contributed by atoms with van der Waals surface area (Å²) in [6.45, 7) is 10.2. The highest BCUT2D eigenvalue weighted by Crippen LogP contribution is 2.35. The first-order valence-electron chi connectivity index (χ1n) is 11.4. The van der Waals surface area contributed by atoms with E-state index in [1.807, 2.05) is 30.3 Å². The Kier molecular flexibility index (Phi) is 7.73. The Bertz CT molecular complexity index is 1110. The first kappa shape index (κ1) is 27.1. The summed E-state index contributed by atoms with van der Waals surface area (Å²) in [6.07, 6.45) is -0.368. The van der Waals surface area contributed by atoms with E-state index >= 15 is 0 Å². The Morgan fingerprint density at radius 1 is 1.03 bits per heavy atom. The summed E-state index contributed by atoms with van der Waals surface area (Å²) < 4.78 is 10.7. The minimum Gasteiger partial charge on any atom is -0.480 e. The standard InChI is InChI=1S/C25H31N3O7S/c1-24(2,3)34-22(32)28(23(33)35-25(4,5)6)21-26-13-16(36-21)12-17-18(20(30)31)27(19(17)29)14-15-10-8-7-9-11-15/h7-11,13,17-18H,12,14H2,1-6H3,(H,30,31)/t17-,18+/m1/s1. The van der Waals surface area contributed by atoms with Crippen LogP contribution >= 0.6 is 11.3 Å². The Labute approximate surface area is 213 Å². The number of carboxylic acids is 1. The molecule has 0 spiro atoms. The zero-order chi connectivity index (χ0) is 26.8. The number of thiazole rings is 1. The van der Waals surface area contributed by atoms with E-state index < -0.39 is 41.3 Å². The maximum absolute atomic E-state index is 12.8. The smallest absolute Gasteiger partial charge is 0.426 e. The highest BCUT2D eigenvalue weighted by Gasteiger charge is 2.51. The molecule has 2 heterocycles. The van der Waals surface area contributed by atoms with Crippen LogP contribution in [0, 0.1) is 5.92 Å². The van der Waals surface area contributed by atoms with Gasteiger partial charge in [-0.15, -0.1) is 11.3 Å². The largest absolute Gasteiger partial charge is 0.480 e. The van der Waals surface area contributed by atoms with Crippen molar-refractivity contribution in [3.05, 3.63) is 47.0 Å². The summed E-state index contributed by atoms with van der Waals surface area (Å²) in [7, 11) is 0. The SMILES string of the molecule is CC(C)(C)OC(=O)N(C(=O)OC(C)(C)C)c1ncc(C[C@H]2C(=O)N(Cc3ccccc3)[C@@H]2C(=O)O)s1. The monoisotopic (exact) mass is 517 g/mol. The van der Waals surface area contributed by atoms with E-state index in [1.54, 1.807) is 41.5 Å². The van der Waals surface area contributed by atoms with Crippen molar-refractivity contribution in [2.75, 3.05) is 4.90 Å². The van der Waals surface area contributed by atoms with Crippen LogP contribution in [0.25, 0.3) is 0 Å². The van der Waals surface area contributed by atoms with Gasteiger partial charge in [-0.2, -0.15) is 4.90 Å². The molecule has 0 bridgehead atoms. The van der Waals surface area contributed by atoms with Crippen LogP contribution in [0.3, 0.4) is 0 Å². The Morgan fingerprint density at radius 3 is 2.08 bits per heavy atom. The summed E-state index contributed by atoms with van der Waals surface area (Å²) in [4.78, 5) is 57.2. The number of β-lactam (4-membered cyclic amide) rings is 1. The normalized spacial score (nSPS) is 17.8. The van der Waals surface area contributed by atoms with Gasteiger partial charge < -0.3 is 19.5 Å². The van der Waals surface area contributed by atoms with Crippen LogP contribution in [0.2, 0.25) is 0 Å². The Morgan fingerprint density at radius 2 is 1.58 bits per heavy atom. The first-order valence-corrected chi connectivity index (χ1v) is 12.3. The molecular weight excluding hydrogens is 486 g/mol. The molecule has 1 aliphatic heterocycles. The summed E-state index contributed by atoms with van der Waals surface area (Å²) in [5.41, 5.74) is -0.902. The lowest BCUT2D eigenvalue weighted by atomic mass is 9.84.